The van der Waals surface area contributed by atoms with Gasteiger partial charge in [-0.2, -0.15) is 5.10 Å². The van der Waals surface area contributed by atoms with E-state index in [1.165, 1.54) is 11.1 Å². The molecule has 0 aliphatic heterocycles. The zero-order valence-corrected chi connectivity index (χ0v) is 12.6. The minimum Gasteiger partial charge on any atom is -0.314 e. The van der Waals surface area contributed by atoms with E-state index >= 15 is 0 Å². The summed E-state index contributed by atoms with van der Waals surface area (Å²) in [6.07, 6.45) is 4.41. The zero-order chi connectivity index (χ0) is 14.4. The molecule has 0 amide bonds. The summed E-state index contributed by atoms with van der Waals surface area (Å²) in [6, 6.07) is 9.23. The molecule has 2 rings (SSSR count). The molecular formula is C16H24N4. The number of aryl methyl sites for hydroxylation is 2. The largest absolute Gasteiger partial charge is 0.314 e. The van der Waals surface area contributed by atoms with Crippen molar-refractivity contribution in [1.29, 1.82) is 0 Å². The first-order valence-electron chi connectivity index (χ1n) is 7.27. The number of benzene rings is 1. The zero-order valence-electron chi connectivity index (χ0n) is 12.6. The van der Waals surface area contributed by atoms with Gasteiger partial charge in [-0.25, -0.2) is 4.98 Å². The van der Waals surface area contributed by atoms with E-state index in [1.54, 1.807) is 12.7 Å². The van der Waals surface area contributed by atoms with Crippen LogP contribution in [0.3, 0.4) is 0 Å². The molecule has 1 N–H and O–H groups in total. The Kier molecular flexibility index (Phi) is 5.30. The van der Waals surface area contributed by atoms with E-state index in [0.717, 1.165) is 19.5 Å². The van der Waals surface area contributed by atoms with Crippen LogP contribution >= 0.6 is 0 Å². The molecule has 0 saturated heterocycles. The second kappa shape index (κ2) is 7.20. The van der Waals surface area contributed by atoms with Gasteiger partial charge in [0.2, 0.25) is 0 Å². The quantitative estimate of drug-likeness (QED) is 0.843. The van der Waals surface area contributed by atoms with Crippen molar-refractivity contribution in [2.75, 3.05) is 6.54 Å². The van der Waals surface area contributed by atoms with E-state index in [4.69, 9.17) is 0 Å². The standard InChI is InChI=1S/C16H24N4/c1-13-5-4-6-16(9-13)14(2)10-18-15(3)7-8-20-12-17-11-19-20/h4-6,9,11-12,14-15,18H,7-8,10H2,1-3H3/t14-,15+/m1/s1. The molecule has 1 heterocycles. The van der Waals surface area contributed by atoms with Crippen molar-refractivity contribution in [3.8, 4) is 0 Å². The first-order valence-corrected chi connectivity index (χ1v) is 7.27. The van der Waals surface area contributed by atoms with Gasteiger partial charge in [-0.3, -0.25) is 4.68 Å². The van der Waals surface area contributed by atoms with Crippen molar-refractivity contribution >= 4 is 0 Å². The predicted octanol–water partition coefficient (Wildman–Crippen LogP) is 2.76. The molecule has 0 spiro atoms. The molecule has 0 unspecified atom stereocenters. The van der Waals surface area contributed by atoms with E-state index in [2.05, 4.69) is 60.4 Å². The SMILES string of the molecule is Cc1cccc([C@H](C)CN[C@@H](C)CCn2cncn2)c1. The highest BCUT2D eigenvalue weighted by atomic mass is 15.3. The molecule has 0 saturated carbocycles. The van der Waals surface area contributed by atoms with Gasteiger partial charge in [0.15, 0.2) is 0 Å². The van der Waals surface area contributed by atoms with Crippen LogP contribution in [-0.4, -0.2) is 27.4 Å². The molecule has 108 valence electrons. The molecule has 1 aromatic heterocycles. The second-order valence-corrected chi connectivity index (χ2v) is 5.57. The highest BCUT2D eigenvalue weighted by molar-refractivity contribution is 5.25. The molecule has 0 radical (unpaired) electrons. The van der Waals surface area contributed by atoms with Gasteiger partial charge in [-0.15, -0.1) is 0 Å². The Bertz CT molecular complexity index is 507. The Morgan fingerprint density at radius 2 is 2.15 bits per heavy atom. The van der Waals surface area contributed by atoms with Gasteiger partial charge in [0.1, 0.15) is 12.7 Å². The van der Waals surface area contributed by atoms with E-state index in [1.807, 2.05) is 4.68 Å². The molecule has 2 aromatic rings. The van der Waals surface area contributed by atoms with Gasteiger partial charge in [0, 0.05) is 19.1 Å². The molecule has 0 aliphatic carbocycles. The molecule has 2 atom stereocenters. The van der Waals surface area contributed by atoms with E-state index in [0.29, 0.717) is 12.0 Å². The fourth-order valence-electron chi connectivity index (χ4n) is 2.25. The average molecular weight is 272 g/mol. The smallest absolute Gasteiger partial charge is 0.137 e. The number of nitrogens with zero attached hydrogens (tertiary/aromatic N) is 3. The van der Waals surface area contributed by atoms with Gasteiger partial charge >= 0.3 is 0 Å². The van der Waals surface area contributed by atoms with Crippen LogP contribution in [-0.2, 0) is 6.54 Å². The number of aromatic nitrogens is 3. The van der Waals surface area contributed by atoms with Crippen LogP contribution in [0.25, 0.3) is 0 Å². The van der Waals surface area contributed by atoms with Crippen LogP contribution in [0.1, 0.15) is 37.3 Å². The summed E-state index contributed by atoms with van der Waals surface area (Å²) in [6.45, 7) is 8.55. The predicted molar refractivity (Wildman–Crippen MR) is 81.7 cm³/mol. The average Bonchev–Trinajstić information content (AvgIpc) is 2.95. The lowest BCUT2D eigenvalue weighted by atomic mass is 9.99. The maximum absolute atomic E-state index is 4.12. The lowest BCUT2D eigenvalue weighted by Crippen LogP contribution is -2.30. The first-order chi connectivity index (χ1) is 9.65. The highest BCUT2D eigenvalue weighted by Gasteiger charge is 2.08. The normalized spacial score (nSPS) is 14.2. The molecule has 1 aromatic carbocycles. The van der Waals surface area contributed by atoms with Crippen molar-refractivity contribution < 1.29 is 0 Å². The minimum atomic E-state index is 0.478. The lowest BCUT2D eigenvalue weighted by molar-refractivity contribution is 0.447. The van der Waals surface area contributed by atoms with Crippen LogP contribution in [0.15, 0.2) is 36.9 Å². The molecule has 4 heteroatoms. The Hall–Kier alpha value is -1.68. The van der Waals surface area contributed by atoms with E-state index in [9.17, 15) is 0 Å². The Labute approximate surface area is 121 Å². The molecule has 0 aliphatic rings. The molecule has 20 heavy (non-hydrogen) atoms. The summed E-state index contributed by atoms with van der Waals surface area (Å²) < 4.78 is 1.88. The van der Waals surface area contributed by atoms with Gasteiger partial charge in [-0.1, -0.05) is 36.8 Å². The number of hydrogen-bond acceptors (Lipinski definition) is 3. The minimum absolute atomic E-state index is 0.478. The summed E-state index contributed by atoms with van der Waals surface area (Å²) in [5.74, 6) is 0.531. The van der Waals surface area contributed by atoms with Crippen molar-refractivity contribution in [2.24, 2.45) is 0 Å². The van der Waals surface area contributed by atoms with Crippen molar-refractivity contribution in [2.45, 2.75) is 45.7 Å². The topological polar surface area (TPSA) is 42.7 Å². The lowest BCUT2D eigenvalue weighted by Gasteiger charge is -2.18. The third kappa shape index (κ3) is 4.46. The molecule has 0 bridgehead atoms. The van der Waals surface area contributed by atoms with Gasteiger partial charge in [0.25, 0.3) is 0 Å². The van der Waals surface area contributed by atoms with Gasteiger partial charge in [0.05, 0.1) is 0 Å². The second-order valence-electron chi connectivity index (χ2n) is 5.57. The maximum atomic E-state index is 4.12. The van der Waals surface area contributed by atoms with Crippen molar-refractivity contribution in [3.63, 3.8) is 0 Å². The summed E-state index contributed by atoms with van der Waals surface area (Å²) >= 11 is 0. The Balaban J connectivity index is 1.73. The van der Waals surface area contributed by atoms with Crippen LogP contribution in [0.4, 0.5) is 0 Å². The molecule has 4 nitrogen and oxygen atoms in total. The Morgan fingerprint density at radius 1 is 1.30 bits per heavy atom. The van der Waals surface area contributed by atoms with Crippen molar-refractivity contribution in [3.05, 3.63) is 48.0 Å². The Morgan fingerprint density at radius 3 is 2.85 bits per heavy atom. The third-order valence-corrected chi connectivity index (χ3v) is 3.64. The van der Waals surface area contributed by atoms with Crippen LogP contribution in [0, 0.1) is 6.92 Å². The maximum Gasteiger partial charge on any atom is 0.137 e. The summed E-state index contributed by atoms with van der Waals surface area (Å²) in [5.41, 5.74) is 2.73. The fourth-order valence-corrected chi connectivity index (χ4v) is 2.25. The van der Waals surface area contributed by atoms with Crippen LogP contribution in [0.5, 0.6) is 0 Å². The van der Waals surface area contributed by atoms with Gasteiger partial charge in [-0.05, 0) is 31.7 Å². The van der Waals surface area contributed by atoms with Gasteiger partial charge < -0.3 is 5.32 Å². The number of nitrogens with one attached hydrogen (secondary N) is 1. The molecule has 0 fully saturated rings. The monoisotopic (exact) mass is 272 g/mol. The highest BCUT2D eigenvalue weighted by Crippen LogP contribution is 2.15. The van der Waals surface area contributed by atoms with E-state index < -0.39 is 0 Å². The number of hydrogen-bond donors (Lipinski definition) is 1. The molecular weight excluding hydrogens is 248 g/mol. The third-order valence-electron chi connectivity index (χ3n) is 3.64. The summed E-state index contributed by atoms with van der Waals surface area (Å²) in [4.78, 5) is 3.95. The summed E-state index contributed by atoms with van der Waals surface area (Å²) in [7, 11) is 0. The van der Waals surface area contributed by atoms with Crippen LogP contribution < -0.4 is 5.32 Å². The first kappa shape index (κ1) is 14.7. The fraction of sp³-hybridized carbons (Fsp3) is 0.500. The van der Waals surface area contributed by atoms with Crippen molar-refractivity contribution in [1.82, 2.24) is 20.1 Å². The van der Waals surface area contributed by atoms with Crippen LogP contribution in [0.2, 0.25) is 0 Å². The summed E-state index contributed by atoms with van der Waals surface area (Å²) in [5, 5.41) is 7.72. The van der Waals surface area contributed by atoms with E-state index in [-0.39, 0.29) is 0 Å². The number of rotatable bonds is 7.